The summed E-state index contributed by atoms with van der Waals surface area (Å²) in [4.78, 5) is 29.8. The van der Waals surface area contributed by atoms with Gasteiger partial charge in [-0.05, 0) is 43.9 Å². The van der Waals surface area contributed by atoms with Crippen LogP contribution in [0.15, 0.2) is 24.3 Å². The summed E-state index contributed by atoms with van der Waals surface area (Å²) in [7, 11) is 1.93. The molecule has 2 aliphatic heterocycles. The molecule has 2 amide bonds. The highest BCUT2D eigenvalue weighted by Crippen LogP contribution is 2.40. The van der Waals surface area contributed by atoms with Gasteiger partial charge in [-0.3, -0.25) is 9.59 Å². The van der Waals surface area contributed by atoms with E-state index in [0.717, 1.165) is 29.3 Å². The molecule has 1 aromatic carbocycles. The number of β-amino-alcohol motifs (C(OH)–C–C–N with tert-alkyl or cyclic N) is 1. The third kappa shape index (κ3) is 2.83. The summed E-state index contributed by atoms with van der Waals surface area (Å²) in [6, 6.07) is 8.06. The fraction of sp³-hybridized carbons (Fsp3) is 0.524. The zero-order valence-corrected chi connectivity index (χ0v) is 16.1. The predicted octanol–water partition coefficient (Wildman–Crippen LogP) is 1.93. The van der Waals surface area contributed by atoms with Crippen LogP contribution in [0.3, 0.4) is 0 Å². The Balaban J connectivity index is 1.59. The maximum Gasteiger partial charge on any atom is 0.270 e. The molecule has 0 unspecified atom stereocenters. The van der Waals surface area contributed by atoms with Crippen LogP contribution in [-0.4, -0.2) is 64.1 Å². The van der Waals surface area contributed by atoms with Gasteiger partial charge in [0.2, 0.25) is 5.91 Å². The highest BCUT2D eigenvalue weighted by atomic mass is 16.3. The minimum Gasteiger partial charge on any atom is -0.395 e. The zero-order chi connectivity index (χ0) is 19.2. The van der Waals surface area contributed by atoms with Crippen molar-refractivity contribution in [1.82, 2.24) is 14.4 Å². The van der Waals surface area contributed by atoms with Crippen molar-refractivity contribution in [2.24, 2.45) is 12.5 Å². The number of aliphatic hydroxyl groups excluding tert-OH is 1. The van der Waals surface area contributed by atoms with Crippen molar-refractivity contribution in [3.05, 3.63) is 35.5 Å². The van der Waals surface area contributed by atoms with E-state index in [0.29, 0.717) is 38.3 Å². The first-order valence-electron chi connectivity index (χ1n) is 9.71. The molecule has 144 valence electrons. The normalized spacial score (nSPS) is 23.0. The molecule has 0 radical (unpaired) electrons. The molecule has 6 heteroatoms. The largest absolute Gasteiger partial charge is 0.395 e. The van der Waals surface area contributed by atoms with Gasteiger partial charge >= 0.3 is 0 Å². The molecule has 2 fully saturated rings. The van der Waals surface area contributed by atoms with Crippen LogP contribution in [0.1, 0.15) is 35.3 Å². The molecule has 0 aliphatic carbocycles. The monoisotopic (exact) mass is 369 g/mol. The van der Waals surface area contributed by atoms with Crippen molar-refractivity contribution in [2.75, 3.05) is 32.8 Å². The van der Waals surface area contributed by atoms with E-state index >= 15 is 0 Å². The number of rotatable bonds is 3. The molecule has 1 aromatic heterocycles. The summed E-state index contributed by atoms with van der Waals surface area (Å²) in [6.07, 6.45) is 2.47. The molecular weight excluding hydrogens is 342 g/mol. The Kier molecular flexibility index (Phi) is 4.46. The molecule has 4 rings (SSSR count). The van der Waals surface area contributed by atoms with Crippen LogP contribution in [0.5, 0.6) is 0 Å². The topological polar surface area (TPSA) is 65.8 Å². The lowest BCUT2D eigenvalue weighted by Crippen LogP contribution is -2.51. The first kappa shape index (κ1) is 18.0. The van der Waals surface area contributed by atoms with Crippen LogP contribution in [0.4, 0.5) is 0 Å². The minimum atomic E-state index is -0.469. The Bertz CT molecular complexity index is 901. The van der Waals surface area contributed by atoms with E-state index in [1.165, 1.54) is 0 Å². The lowest BCUT2D eigenvalue weighted by Gasteiger charge is -2.39. The number of aliphatic hydroxyl groups is 1. The molecule has 2 aromatic rings. The van der Waals surface area contributed by atoms with Crippen molar-refractivity contribution in [1.29, 1.82) is 0 Å². The highest BCUT2D eigenvalue weighted by molar-refractivity contribution is 6.00. The molecule has 3 heterocycles. The Morgan fingerprint density at radius 2 is 2.07 bits per heavy atom. The second-order valence-corrected chi connectivity index (χ2v) is 7.97. The van der Waals surface area contributed by atoms with Crippen molar-refractivity contribution in [3.63, 3.8) is 0 Å². The van der Waals surface area contributed by atoms with Gasteiger partial charge < -0.3 is 19.5 Å². The van der Waals surface area contributed by atoms with E-state index in [-0.39, 0.29) is 18.4 Å². The van der Waals surface area contributed by atoms with Crippen LogP contribution in [0, 0.1) is 12.3 Å². The number of fused-ring (bicyclic) bond motifs is 1. The van der Waals surface area contributed by atoms with Crippen LogP contribution in [0.25, 0.3) is 10.9 Å². The number of carbonyl (C=O) groups is 2. The third-order valence-electron chi connectivity index (χ3n) is 6.36. The van der Waals surface area contributed by atoms with Crippen molar-refractivity contribution >= 4 is 22.7 Å². The average molecular weight is 369 g/mol. The average Bonchev–Trinajstić information content (AvgIpc) is 3.23. The Hall–Kier alpha value is -2.34. The number of aryl methyl sites for hydroxylation is 2. The van der Waals surface area contributed by atoms with Crippen LogP contribution >= 0.6 is 0 Å². The minimum absolute atomic E-state index is 0.00273. The predicted molar refractivity (Wildman–Crippen MR) is 104 cm³/mol. The fourth-order valence-corrected chi connectivity index (χ4v) is 4.79. The molecular formula is C21H27N3O3. The second kappa shape index (κ2) is 6.68. The lowest BCUT2D eigenvalue weighted by molar-refractivity contribution is -0.146. The van der Waals surface area contributed by atoms with Gasteiger partial charge in [0.1, 0.15) is 5.69 Å². The first-order chi connectivity index (χ1) is 13.0. The van der Waals surface area contributed by atoms with Gasteiger partial charge in [-0.2, -0.15) is 0 Å². The van der Waals surface area contributed by atoms with Crippen molar-refractivity contribution < 1.29 is 14.7 Å². The highest BCUT2D eigenvalue weighted by Gasteiger charge is 2.49. The summed E-state index contributed by atoms with van der Waals surface area (Å²) in [5.74, 6) is 0.100. The number of hydrogen-bond acceptors (Lipinski definition) is 3. The van der Waals surface area contributed by atoms with Gasteiger partial charge in [0.05, 0.1) is 12.0 Å². The maximum atomic E-state index is 13.2. The summed E-state index contributed by atoms with van der Waals surface area (Å²) < 4.78 is 1.95. The van der Waals surface area contributed by atoms with Gasteiger partial charge in [0.25, 0.3) is 5.91 Å². The van der Waals surface area contributed by atoms with Crippen LogP contribution in [-0.2, 0) is 11.8 Å². The fourth-order valence-electron chi connectivity index (χ4n) is 4.79. The Morgan fingerprint density at radius 3 is 2.81 bits per heavy atom. The smallest absolute Gasteiger partial charge is 0.270 e. The van der Waals surface area contributed by atoms with Gasteiger partial charge in [0, 0.05) is 44.1 Å². The van der Waals surface area contributed by atoms with E-state index in [2.05, 4.69) is 13.0 Å². The molecule has 1 N–H and O–H groups in total. The lowest BCUT2D eigenvalue weighted by atomic mass is 9.78. The Labute approximate surface area is 159 Å². The molecule has 2 saturated heterocycles. The maximum absolute atomic E-state index is 13.2. The quantitative estimate of drug-likeness (QED) is 0.899. The number of hydrogen-bond donors (Lipinski definition) is 1. The summed E-state index contributed by atoms with van der Waals surface area (Å²) in [5, 5.41) is 10.3. The number of aromatic nitrogens is 1. The number of carbonyl (C=O) groups excluding carboxylic acids is 2. The Morgan fingerprint density at radius 1 is 1.26 bits per heavy atom. The van der Waals surface area contributed by atoms with Gasteiger partial charge in [-0.1, -0.05) is 12.1 Å². The molecule has 1 atom stereocenters. The number of benzene rings is 1. The van der Waals surface area contributed by atoms with E-state index in [4.69, 9.17) is 0 Å². The molecule has 0 bridgehead atoms. The molecule has 0 saturated carbocycles. The SMILES string of the molecule is Cc1cccc2c1cc(C(=O)N1CC[C@@]3(CCCN(CCO)C3=O)C1)n2C. The van der Waals surface area contributed by atoms with Gasteiger partial charge in [0.15, 0.2) is 0 Å². The van der Waals surface area contributed by atoms with E-state index in [1.807, 2.05) is 34.7 Å². The molecule has 27 heavy (non-hydrogen) atoms. The zero-order valence-electron chi connectivity index (χ0n) is 16.1. The molecule has 1 spiro atoms. The number of nitrogens with zero attached hydrogens (tertiary/aromatic N) is 3. The molecule has 2 aliphatic rings. The van der Waals surface area contributed by atoms with E-state index in [9.17, 15) is 14.7 Å². The van der Waals surface area contributed by atoms with Gasteiger partial charge in [-0.25, -0.2) is 0 Å². The van der Waals surface area contributed by atoms with Crippen LogP contribution in [0.2, 0.25) is 0 Å². The summed E-state index contributed by atoms with van der Waals surface area (Å²) >= 11 is 0. The number of likely N-dealkylation sites (tertiary alicyclic amines) is 2. The molecule has 6 nitrogen and oxygen atoms in total. The summed E-state index contributed by atoms with van der Waals surface area (Å²) in [5.41, 5.74) is 2.41. The van der Waals surface area contributed by atoms with Crippen molar-refractivity contribution in [3.8, 4) is 0 Å². The van der Waals surface area contributed by atoms with Crippen molar-refractivity contribution in [2.45, 2.75) is 26.2 Å². The van der Waals surface area contributed by atoms with E-state index < -0.39 is 5.41 Å². The first-order valence-corrected chi connectivity index (χ1v) is 9.71. The summed E-state index contributed by atoms with van der Waals surface area (Å²) in [6.45, 7) is 4.22. The number of amides is 2. The third-order valence-corrected chi connectivity index (χ3v) is 6.36. The second-order valence-electron chi connectivity index (χ2n) is 7.97. The number of piperidine rings is 1. The van der Waals surface area contributed by atoms with Crippen LogP contribution < -0.4 is 0 Å². The van der Waals surface area contributed by atoms with Gasteiger partial charge in [-0.15, -0.1) is 0 Å². The standard InChI is InChI=1S/C21H27N3O3/c1-15-5-3-6-17-16(15)13-18(22(17)2)19(26)24-10-8-21(14-24)7-4-9-23(11-12-25)20(21)27/h3,5-6,13,25H,4,7-12,14H2,1-2H3/t21-/m0/s1. The van der Waals surface area contributed by atoms with E-state index in [1.54, 1.807) is 4.90 Å².